The second-order valence-electron chi connectivity index (χ2n) is 3.11. The van der Waals surface area contributed by atoms with Gasteiger partial charge in [0.25, 0.3) is 0 Å². The Labute approximate surface area is 93.0 Å². The number of carbonyl (C=O) groups excluding carboxylic acids is 1. The molecule has 1 aromatic carbocycles. The molecule has 4 nitrogen and oxygen atoms in total. The van der Waals surface area contributed by atoms with E-state index in [2.05, 4.69) is 5.32 Å². The Morgan fingerprint density at radius 3 is 2.87 bits per heavy atom. The summed E-state index contributed by atoms with van der Waals surface area (Å²) >= 11 is 5.71. The molecule has 0 unspecified atom stereocenters. The molecule has 0 aromatic heterocycles. The number of amides is 1. The summed E-state index contributed by atoms with van der Waals surface area (Å²) in [6.07, 6.45) is 0.720. The van der Waals surface area contributed by atoms with E-state index in [0.717, 1.165) is 0 Å². The van der Waals surface area contributed by atoms with Crippen LogP contribution in [0.15, 0.2) is 18.2 Å². The van der Waals surface area contributed by atoms with Crippen LogP contribution in [0.4, 0.5) is 11.4 Å². The van der Waals surface area contributed by atoms with E-state index in [1.165, 1.54) is 0 Å². The van der Waals surface area contributed by atoms with Crippen molar-refractivity contribution in [3.05, 3.63) is 23.2 Å². The molecule has 0 saturated heterocycles. The van der Waals surface area contributed by atoms with E-state index in [1.54, 1.807) is 18.2 Å². The van der Waals surface area contributed by atoms with Crippen LogP contribution in [-0.4, -0.2) is 17.6 Å². The van der Waals surface area contributed by atoms with Gasteiger partial charge in [-0.25, -0.2) is 0 Å². The number of hydrogen-bond acceptors (Lipinski definition) is 3. The minimum Gasteiger partial charge on any atom is -0.397 e. The molecule has 82 valence electrons. The number of nitrogens with one attached hydrogen (secondary N) is 1. The number of rotatable bonds is 4. The van der Waals surface area contributed by atoms with Crippen LogP contribution in [0.5, 0.6) is 0 Å². The monoisotopic (exact) mass is 228 g/mol. The van der Waals surface area contributed by atoms with Gasteiger partial charge < -0.3 is 16.2 Å². The van der Waals surface area contributed by atoms with Crippen LogP contribution in [0.2, 0.25) is 5.02 Å². The first-order chi connectivity index (χ1) is 7.13. The number of halogens is 1. The predicted molar refractivity (Wildman–Crippen MR) is 60.8 cm³/mol. The van der Waals surface area contributed by atoms with Crippen LogP contribution >= 0.6 is 11.6 Å². The summed E-state index contributed by atoms with van der Waals surface area (Å²) in [5.74, 6) is -0.168. The number of aliphatic hydroxyl groups is 1. The molecule has 15 heavy (non-hydrogen) atoms. The Balaban J connectivity index is 2.60. The predicted octanol–water partition coefficient (Wildman–Crippen LogP) is 1.63. The van der Waals surface area contributed by atoms with Crippen LogP contribution in [0.25, 0.3) is 0 Å². The fraction of sp³-hybridized carbons (Fsp3) is 0.300. The summed E-state index contributed by atoms with van der Waals surface area (Å²) in [4.78, 5) is 11.3. The molecular formula is C10H13ClN2O2. The maximum absolute atomic E-state index is 11.3. The van der Waals surface area contributed by atoms with E-state index in [9.17, 15) is 4.79 Å². The molecule has 0 fully saturated rings. The quantitative estimate of drug-likeness (QED) is 0.686. The van der Waals surface area contributed by atoms with Crippen LogP contribution in [-0.2, 0) is 4.79 Å². The molecule has 0 aliphatic rings. The van der Waals surface area contributed by atoms with E-state index in [-0.39, 0.29) is 18.9 Å². The lowest BCUT2D eigenvalue weighted by atomic mass is 10.2. The van der Waals surface area contributed by atoms with Gasteiger partial charge >= 0.3 is 0 Å². The number of anilines is 2. The first kappa shape index (κ1) is 11.8. The molecule has 0 heterocycles. The number of aliphatic hydroxyl groups excluding tert-OH is 1. The van der Waals surface area contributed by atoms with Gasteiger partial charge in [0.1, 0.15) is 0 Å². The lowest BCUT2D eigenvalue weighted by Gasteiger charge is -2.07. The number of benzene rings is 1. The Bertz CT molecular complexity index is 355. The van der Waals surface area contributed by atoms with E-state index >= 15 is 0 Å². The highest BCUT2D eigenvalue weighted by atomic mass is 35.5. The van der Waals surface area contributed by atoms with Crippen molar-refractivity contribution in [3.63, 3.8) is 0 Å². The highest BCUT2D eigenvalue weighted by Crippen LogP contribution is 2.22. The van der Waals surface area contributed by atoms with Gasteiger partial charge in [0.15, 0.2) is 0 Å². The topological polar surface area (TPSA) is 75.3 Å². The lowest BCUT2D eigenvalue weighted by Crippen LogP contribution is -2.13. The van der Waals surface area contributed by atoms with Gasteiger partial charge in [0.05, 0.1) is 11.4 Å². The Morgan fingerprint density at radius 1 is 1.53 bits per heavy atom. The van der Waals surface area contributed by atoms with Crippen LogP contribution in [0.1, 0.15) is 12.8 Å². The first-order valence-electron chi connectivity index (χ1n) is 4.59. The van der Waals surface area contributed by atoms with E-state index in [1.807, 2.05) is 0 Å². The number of nitrogen functional groups attached to an aromatic ring is 1. The number of hydrogen-bond donors (Lipinski definition) is 3. The van der Waals surface area contributed by atoms with Crippen LogP contribution in [0.3, 0.4) is 0 Å². The first-order valence-corrected chi connectivity index (χ1v) is 4.97. The molecular weight excluding hydrogens is 216 g/mol. The van der Waals surface area contributed by atoms with Gasteiger partial charge in [-0.05, 0) is 24.6 Å². The zero-order chi connectivity index (χ0) is 11.3. The minimum atomic E-state index is -0.168. The average Bonchev–Trinajstić information content (AvgIpc) is 2.19. The number of nitrogens with two attached hydrogens (primary N) is 1. The molecule has 0 atom stereocenters. The lowest BCUT2D eigenvalue weighted by molar-refractivity contribution is -0.116. The van der Waals surface area contributed by atoms with Gasteiger partial charge in [-0.1, -0.05) is 11.6 Å². The van der Waals surface area contributed by atoms with Gasteiger partial charge in [-0.15, -0.1) is 0 Å². The third-order valence-corrected chi connectivity index (χ3v) is 2.08. The Kier molecular flexibility index (Phi) is 4.39. The van der Waals surface area contributed by atoms with Crippen molar-refractivity contribution < 1.29 is 9.90 Å². The normalized spacial score (nSPS) is 10.0. The SMILES string of the molecule is Nc1cc(Cl)ccc1NC(=O)CCCO. The van der Waals surface area contributed by atoms with E-state index < -0.39 is 0 Å². The van der Waals surface area contributed by atoms with Crippen molar-refractivity contribution >= 4 is 28.9 Å². The van der Waals surface area contributed by atoms with Gasteiger partial charge in [-0.3, -0.25) is 4.79 Å². The zero-order valence-corrected chi connectivity index (χ0v) is 8.92. The fourth-order valence-corrected chi connectivity index (χ4v) is 1.28. The average molecular weight is 229 g/mol. The van der Waals surface area contributed by atoms with Crippen LogP contribution in [0, 0.1) is 0 Å². The zero-order valence-electron chi connectivity index (χ0n) is 8.16. The highest BCUT2D eigenvalue weighted by molar-refractivity contribution is 6.31. The largest absolute Gasteiger partial charge is 0.397 e. The maximum Gasteiger partial charge on any atom is 0.224 e. The third-order valence-electron chi connectivity index (χ3n) is 1.85. The summed E-state index contributed by atoms with van der Waals surface area (Å²) < 4.78 is 0. The Morgan fingerprint density at radius 2 is 2.27 bits per heavy atom. The summed E-state index contributed by atoms with van der Waals surface area (Å²) in [6, 6.07) is 4.87. The Hall–Kier alpha value is -1.26. The van der Waals surface area contributed by atoms with Crippen molar-refractivity contribution in [1.29, 1.82) is 0 Å². The molecule has 5 heteroatoms. The molecule has 1 amide bonds. The molecule has 0 aliphatic carbocycles. The molecule has 0 spiro atoms. The molecule has 1 rings (SSSR count). The second kappa shape index (κ2) is 5.58. The van der Waals surface area contributed by atoms with Crippen molar-refractivity contribution in [1.82, 2.24) is 0 Å². The van der Waals surface area contributed by atoms with Gasteiger partial charge in [0.2, 0.25) is 5.91 Å². The van der Waals surface area contributed by atoms with Crippen LogP contribution < -0.4 is 11.1 Å². The molecule has 0 radical (unpaired) electrons. The second-order valence-corrected chi connectivity index (χ2v) is 3.54. The molecule has 4 N–H and O–H groups in total. The summed E-state index contributed by atoms with van der Waals surface area (Å²) in [5, 5.41) is 11.7. The minimum absolute atomic E-state index is 0.00349. The van der Waals surface area contributed by atoms with Crippen molar-refractivity contribution in [2.75, 3.05) is 17.7 Å². The van der Waals surface area contributed by atoms with Crippen molar-refractivity contribution in [2.24, 2.45) is 0 Å². The van der Waals surface area contributed by atoms with Gasteiger partial charge in [0, 0.05) is 18.1 Å². The number of carbonyl (C=O) groups is 1. The molecule has 0 bridgehead atoms. The summed E-state index contributed by atoms with van der Waals surface area (Å²) in [5.41, 5.74) is 6.62. The fourth-order valence-electron chi connectivity index (χ4n) is 1.10. The van der Waals surface area contributed by atoms with Crippen molar-refractivity contribution in [2.45, 2.75) is 12.8 Å². The molecule has 0 aliphatic heterocycles. The maximum atomic E-state index is 11.3. The highest BCUT2D eigenvalue weighted by Gasteiger charge is 2.04. The molecule has 1 aromatic rings. The summed E-state index contributed by atoms with van der Waals surface area (Å²) in [6.45, 7) is 0.00349. The van der Waals surface area contributed by atoms with Crippen molar-refractivity contribution in [3.8, 4) is 0 Å². The van der Waals surface area contributed by atoms with E-state index in [0.29, 0.717) is 22.8 Å². The van der Waals surface area contributed by atoms with E-state index in [4.69, 9.17) is 22.4 Å². The standard InChI is InChI=1S/C10H13ClN2O2/c11-7-3-4-9(8(12)6-7)13-10(15)2-1-5-14/h3-4,6,14H,1-2,5,12H2,(H,13,15). The molecule has 0 saturated carbocycles. The smallest absolute Gasteiger partial charge is 0.224 e. The summed E-state index contributed by atoms with van der Waals surface area (Å²) in [7, 11) is 0. The van der Waals surface area contributed by atoms with Gasteiger partial charge in [-0.2, -0.15) is 0 Å². The third kappa shape index (κ3) is 3.77.